The number of nitrogens with two attached hydrogens (primary N) is 1. The lowest BCUT2D eigenvalue weighted by atomic mass is 9.77. The van der Waals surface area contributed by atoms with Gasteiger partial charge in [-0.2, -0.15) is 0 Å². The number of piperidine rings is 1. The fraction of sp³-hybridized carbons (Fsp3) is 0.591. The fourth-order valence-electron chi connectivity index (χ4n) is 4.71. The Morgan fingerprint density at radius 2 is 1.97 bits per heavy atom. The molecule has 2 fully saturated rings. The second-order valence-corrected chi connectivity index (χ2v) is 9.77. The molecule has 0 radical (unpaired) electrons. The first-order valence-corrected chi connectivity index (χ1v) is 11.4. The van der Waals surface area contributed by atoms with E-state index >= 15 is 0 Å². The van der Waals surface area contributed by atoms with E-state index in [2.05, 4.69) is 12.2 Å². The Hall–Kier alpha value is -2.15. The Bertz CT molecular complexity index is 924. The summed E-state index contributed by atoms with van der Waals surface area (Å²) in [7, 11) is 1.60. The van der Waals surface area contributed by atoms with Gasteiger partial charge in [0.05, 0.1) is 5.69 Å². The molecule has 2 aromatic heterocycles. The van der Waals surface area contributed by atoms with Crippen molar-refractivity contribution in [2.45, 2.75) is 57.3 Å². The molecule has 1 saturated carbocycles. The van der Waals surface area contributed by atoms with Crippen molar-refractivity contribution >= 4 is 39.1 Å². The van der Waals surface area contributed by atoms with E-state index in [1.54, 1.807) is 7.05 Å². The van der Waals surface area contributed by atoms with Gasteiger partial charge in [0.25, 0.3) is 5.91 Å². The van der Waals surface area contributed by atoms with Gasteiger partial charge in [-0.1, -0.05) is 19.8 Å². The maximum absolute atomic E-state index is 12.7. The van der Waals surface area contributed by atoms with E-state index in [1.165, 1.54) is 37.0 Å². The van der Waals surface area contributed by atoms with Gasteiger partial charge in [-0.3, -0.25) is 9.59 Å². The maximum Gasteiger partial charge on any atom is 0.263 e. The van der Waals surface area contributed by atoms with Crippen LogP contribution < -0.4 is 11.1 Å². The van der Waals surface area contributed by atoms with Crippen LogP contribution in [0.15, 0.2) is 12.1 Å². The monoisotopic (exact) mass is 414 g/mol. The van der Waals surface area contributed by atoms with Gasteiger partial charge in [0.15, 0.2) is 0 Å². The van der Waals surface area contributed by atoms with Crippen molar-refractivity contribution in [1.82, 2.24) is 15.2 Å². The van der Waals surface area contributed by atoms with Gasteiger partial charge in [-0.15, -0.1) is 11.3 Å². The summed E-state index contributed by atoms with van der Waals surface area (Å²) < 4.78 is 0. The van der Waals surface area contributed by atoms with Crippen molar-refractivity contribution in [3.05, 3.63) is 22.7 Å². The van der Waals surface area contributed by atoms with E-state index in [1.807, 2.05) is 17.0 Å². The molecular weight excluding hydrogens is 384 g/mol. The first-order chi connectivity index (χ1) is 13.9. The highest BCUT2D eigenvalue weighted by Gasteiger charge is 2.35. The Morgan fingerprint density at radius 1 is 1.28 bits per heavy atom. The first-order valence-electron chi connectivity index (χ1n) is 10.6. The molecule has 2 amide bonds. The molecule has 29 heavy (non-hydrogen) atoms. The summed E-state index contributed by atoms with van der Waals surface area (Å²) in [5.41, 5.74) is 7.62. The smallest absolute Gasteiger partial charge is 0.263 e. The third-order valence-corrected chi connectivity index (χ3v) is 7.92. The molecule has 0 unspecified atom stereocenters. The van der Waals surface area contributed by atoms with Gasteiger partial charge in [0, 0.05) is 43.1 Å². The van der Waals surface area contributed by atoms with Crippen LogP contribution in [0.5, 0.6) is 0 Å². The number of nitrogen functional groups attached to an aromatic ring is 1. The highest BCUT2D eigenvalue weighted by molar-refractivity contribution is 7.21. The molecule has 7 heteroatoms. The van der Waals surface area contributed by atoms with Crippen molar-refractivity contribution in [3.8, 4) is 0 Å². The number of rotatable bonds is 4. The minimum Gasteiger partial charge on any atom is -0.397 e. The summed E-state index contributed by atoms with van der Waals surface area (Å²) in [6, 6.07) is 4.02. The van der Waals surface area contributed by atoms with Crippen LogP contribution in [-0.4, -0.2) is 41.8 Å². The molecule has 4 rings (SSSR count). The molecule has 0 atom stereocenters. The molecule has 3 N–H and O–H groups in total. The van der Waals surface area contributed by atoms with Gasteiger partial charge in [-0.25, -0.2) is 4.98 Å². The zero-order valence-electron chi connectivity index (χ0n) is 17.3. The zero-order valence-corrected chi connectivity index (χ0v) is 18.1. The van der Waals surface area contributed by atoms with E-state index in [0.717, 1.165) is 48.3 Å². The number of pyridine rings is 1. The van der Waals surface area contributed by atoms with Gasteiger partial charge < -0.3 is 16.0 Å². The number of carbonyl (C=O) groups is 2. The number of nitrogens with zero attached hydrogens (tertiary/aromatic N) is 2. The number of aromatic nitrogens is 1. The Morgan fingerprint density at radius 3 is 2.62 bits per heavy atom. The number of nitrogens with one attached hydrogen (secondary N) is 1. The van der Waals surface area contributed by atoms with Crippen molar-refractivity contribution in [2.24, 2.45) is 5.92 Å². The molecule has 0 spiro atoms. The Labute approximate surface area is 175 Å². The molecule has 6 nitrogen and oxygen atoms in total. The lowest BCUT2D eigenvalue weighted by Crippen LogP contribution is -2.44. The zero-order chi connectivity index (χ0) is 20.6. The molecule has 1 aliphatic carbocycles. The summed E-state index contributed by atoms with van der Waals surface area (Å²) in [5.74, 6) is 0.745. The van der Waals surface area contributed by atoms with Gasteiger partial charge >= 0.3 is 0 Å². The molecular formula is C22H30N4O2S. The van der Waals surface area contributed by atoms with Crippen LogP contribution in [0.1, 0.15) is 67.2 Å². The normalized spacial score (nSPS) is 19.6. The van der Waals surface area contributed by atoms with Crippen molar-refractivity contribution < 1.29 is 9.59 Å². The summed E-state index contributed by atoms with van der Waals surface area (Å²) in [6.45, 7) is 3.81. The number of carbonyl (C=O) groups excluding carboxylic acids is 2. The summed E-state index contributed by atoms with van der Waals surface area (Å²) in [5, 5.41) is 3.47. The molecule has 2 aliphatic rings. The maximum atomic E-state index is 12.7. The first kappa shape index (κ1) is 20.1. The third kappa shape index (κ3) is 3.84. The topological polar surface area (TPSA) is 88.3 Å². The SMILES string of the molecule is CNC(=O)c1sc2nc(C3(C)CCN(C(=O)CC4CCCC4)CC3)ccc2c1N. The second kappa shape index (κ2) is 7.94. The van der Waals surface area contributed by atoms with Crippen LogP contribution in [0.25, 0.3) is 10.2 Å². The number of thiophene rings is 1. The number of amides is 2. The third-order valence-electron chi connectivity index (χ3n) is 6.80. The predicted molar refractivity (Wildman–Crippen MR) is 117 cm³/mol. The fourth-order valence-corrected chi connectivity index (χ4v) is 5.75. The van der Waals surface area contributed by atoms with Gasteiger partial charge in [0.1, 0.15) is 9.71 Å². The Kier molecular flexibility index (Phi) is 5.51. The van der Waals surface area contributed by atoms with Gasteiger partial charge in [0.2, 0.25) is 5.91 Å². The van der Waals surface area contributed by atoms with Crippen molar-refractivity contribution in [2.75, 3.05) is 25.9 Å². The lowest BCUT2D eigenvalue weighted by molar-refractivity contribution is -0.133. The molecule has 156 valence electrons. The molecule has 2 aromatic rings. The number of likely N-dealkylation sites (tertiary alicyclic amines) is 1. The molecule has 0 aromatic carbocycles. The largest absolute Gasteiger partial charge is 0.397 e. The van der Waals surface area contributed by atoms with Crippen LogP contribution in [0.3, 0.4) is 0 Å². The van der Waals surface area contributed by atoms with E-state index in [-0.39, 0.29) is 11.3 Å². The van der Waals surface area contributed by atoms with Crippen LogP contribution in [0, 0.1) is 5.92 Å². The number of fused-ring (bicyclic) bond motifs is 1. The minimum absolute atomic E-state index is 0.0652. The molecule has 3 heterocycles. The van der Waals surface area contributed by atoms with E-state index in [4.69, 9.17) is 10.7 Å². The van der Waals surface area contributed by atoms with E-state index < -0.39 is 0 Å². The van der Waals surface area contributed by atoms with E-state index in [9.17, 15) is 9.59 Å². The van der Waals surface area contributed by atoms with Gasteiger partial charge in [-0.05, 0) is 43.7 Å². The minimum atomic E-state index is -0.174. The molecule has 0 bridgehead atoms. The van der Waals surface area contributed by atoms with Crippen molar-refractivity contribution in [1.29, 1.82) is 0 Å². The highest BCUT2D eigenvalue weighted by Crippen LogP contribution is 2.38. The predicted octanol–water partition coefficient (Wildman–Crippen LogP) is 3.70. The van der Waals surface area contributed by atoms with E-state index in [0.29, 0.717) is 22.4 Å². The van der Waals surface area contributed by atoms with Crippen molar-refractivity contribution in [3.63, 3.8) is 0 Å². The summed E-state index contributed by atoms with van der Waals surface area (Å²) in [6.07, 6.45) is 7.51. The molecule has 1 saturated heterocycles. The molecule has 1 aliphatic heterocycles. The van der Waals surface area contributed by atoms with Crippen LogP contribution in [0.4, 0.5) is 5.69 Å². The average Bonchev–Trinajstić information content (AvgIpc) is 3.35. The lowest BCUT2D eigenvalue weighted by Gasteiger charge is -2.39. The summed E-state index contributed by atoms with van der Waals surface area (Å²) in [4.78, 5) is 32.9. The Balaban J connectivity index is 1.47. The quantitative estimate of drug-likeness (QED) is 0.798. The van der Waals surface area contributed by atoms with Crippen LogP contribution >= 0.6 is 11.3 Å². The number of hydrogen-bond acceptors (Lipinski definition) is 5. The van der Waals surface area contributed by atoms with Crippen LogP contribution in [-0.2, 0) is 10.2 Å². The van der Waals surface area contributed by atoms with Crippen LogP contribution in [0.2, 0.25) is 0 Å². The highest BCUT2D eigenvalue weighted by atomic mass is 32.1. The average molecular weight is 415 g/mol. The second-order valence-electron chi connectivity index (χ2n) is 8.77. The number of hydrogen-bond donors (Lipinski definition) is 2. The summed E-state index contributed by atoms with van der Waals surface area (Å²) >= 11 is 1.34. The number of anilines is 1. The standard InChI is InChI=1S/C22H30N4O2S/c1-22(9-11-26(12-10-22)17(27)13-14-5-3-4-6-14)16-8-7-15-18(23)19(20(28)24-2)29-21(15)25-16/h7-8,14H,3-6,9-13,23H2,1-2H3,(H,24,28).